The van der Waals surface area contributed by atoms with Gasteiger partial charge in [-0.2, -0.15) is 0 Å². The van der Waals surface area contributed by atoms with Crippen molar-refractivity contribution < 1.29 is 0 Å². The Balaban J connectivity index is 1.32. The second kappa shape index (κ2) is 9.34. The minimum absolute atomic E-state index is 0.380. The van der Waals surface area contributed by atoms with E-state index in [1.165, 1.54) is 81.8 Å². The molecule has 0 saturated heterocycles. The second-order valence-electron chi connectivity index (χ2n) is 12.1. The Hall–Kier alpha value is -5.31. The maximum atomic E-state index is 2.52. The van der Waals surface area contributed by atoms with Gasteiger partial charge in [0.25, 0.3) is 0 Å². The summed E-state index contributed by atoms with van der Waals surface area (Å²) in [6.07, 6.45) is 0. The van der Waals surface area contributed by atoms with E-state index in [0.29, 0.717) is 0 Å². The first-order valence-electron chi connectivity index (χ1n) is 15.5. The molecule has 2 aliphatic rings. The molecule has 1 aliphatic heterocycles. The molecule has 2 heterocycles. The average molecular weight is 590 g/mol. The van der Waals surface area contributed by atoms with Crippen LogP contribution in [0.4, 0.5) is 0 Å². The van der Waals surface area contributed by atoms with Crippen molar-refractivity contribution in [2.75, 3.05) is 0 Å². The zero-order valence-electron chi connectivity index (χ0n) is 24.4. The van der Waals surface area contributed by atoms with Crippen molar-refractivity contribution in [2.45, 2.75) is 15.2 Å². The second-order valence-corrected chi connectivity index (χ2v) is 13.2. The van der Waals surface area contributed by atoms with Gasteiger partial charge in [0.2, 0.25) is 0 Å². The molecular weight excluding hydrogens is 563 g/mol. The van der Waals surface area contributed by atoms with Gasteiger partial charge in [-0.25, -0.2) is 0 Å². The third kappa shape index (κ3) is 3.35. The van der Waals surface area contributed by atoms with E-state index in [9.17, 15) is 0 Å². The predicted molar refractivity (Wildman–Crippen MR) is 188 cm³/mol. The van der Waals surface area contributed by atoms with Gasteiger partial charge in [0.15, 0.2) is 0 Å². The average Bonchev–Trinajstić information content (AvgIpc) is 3.59. The standard InChI is InChI=1S/C43H27NS/c1-2-13-28(14-3-1)29-15-12-16-30(25-29)44-39-23-10-6-19-33(39)34-26-38-42(27-40(34)44)45-41-24-11-9-22-37(41)43(38)35-20-7-4-17-31(35)32-18-5-8-21-36(32)43/h1-27H. The van der Waals surface area contributed by atoms with E-state index < -0.39 is 0 Å². The van der Waals surface area contributed by atoms with E-state index in [1.807, 2.05) is 11.8 Å². The summed E-state index contributed by atoms with van der Waals surface area (Å²) in [7, 11) is 0. The zero-order valence-corrected chi connectivity index (χ0v) is 25.3. The van der Waals surface area contributed by atoms with Gasteiger partial charge in [-0.3, -0.25) is 0 Å². The maximum Gasteiger partial charge on any atom is 0.0735 e. The summed E-state index contributed by atoms with van der Waals surface area (Å²) in [5.74, 6) is 0. The topological polar surface area (TPSA) is 4.93 Å². The molecule has 0 atom stereocenters. The van der Waals surface area contributed by atoms with Crippen LogP contribution in [0.25, 0.3) is 49.7 Å². The Morgan fingerprint density at radius 2 is 1.04 bits per heavy atom. The molecule has 0 amide bonds. The van der Waals surface area contributed by atoms with Gasteiger partial charge >= 0.3 is 0 Å². The van der Waals surface area contributed by atoms with E-state index in [-0.39, 0.29) is 5.41 Å². The number of fused-ring (bicyclic) bond motifs is 12. The van der Waals surface area contributed by atoms with Crippen LogP contribution in [0.3, 0.4) is 0 Å². The Labute approximate surface area is 266 Å². The van der Waals surface area contributed by atoms with Crippen molar-refractivity contribution in [3.05, 3.63) is 186 Å². The summed E-state index contributed by atoms with van der Waals surface area (Å²) in [6, 6.07) is 60.6. The van der Waals surface area contributed by atoms with Gasteiger partial charge < -0.3 is 4.57 Å². The molecule has 0 saturated carbocycles. The largest absolute Gasteiger partial charge is 0.309 e. The normalized spacial score (nSPS) is 13.9. The van der Waals surface area contributed by atoms with Crippen LogP contribution < -0.4 is 0 Å². The van der Waals surface area contributed by atoms with Crippen LogP contribution in [0.5, 0.6) is 0 Å². The molecule has 0 unspecified atom stereocenters. The molecule has 2 heteroatoms. The molecule has 0 bridgehead atoms. The van der Waals surface area contributed by atoms with Crippen molar-refractivity contribution in [1.82, 2.24) is 4.57 Å². The maximum absolute atomic E-state index is 2.52. The first kappa shape index (κ1) is 25.1. The summed E-state index contributed by atoms with van der Waals surface area (Å²) in [5.41, 5.74) is 13.9. The van der Waals surface area contributed by atoms with E-state index >= 15 is 0 Å². The SMILES string of the molecule is c1ccc(-c2cccc(-n3c4ccccc4c4cc5c(cc43)Sc3ccccc3C53c4ccccc4-c4ccccc43)c2)cc1. The zero-order chi connectivity index (χ0) is 29.5. The summed E-state index contributed by atoms with van der Waals surface area (Å²) in [5, 5.41) is 2.56. The quantitative estimate of drug-likeness (QED) is 0.194. The Kier molecular flexibility index (Phi) is 5.20. The van der Waals surface area contributed by atoms with Gasteiger partial charge in [-0.05, 0) is 80.9 Å². The van der Waals surface area contributed by atoms with Crippen LogP contribution in [0.2, 0.25) is 0 Å². The van der Waals surface area contributed by atoms with Crippen molar-refractivity contribution in [1.29, 1.82) is 0 Å². The van der Waals surface area contributed by atoms with Gasteiger partial charge in [-0.1, -0.05) is 139 Å². The van der Waals surface area contributed by atoms with Crippen molar-refractivity contribution in [2.24, 2.45) is 0 Å². The number of rotatable bonds is 2. The fraction of sp³-hybridized carbons (Fsp3) is 0.0233. The van der Waals surface area contributed by atoms with E-state index in [0.717, 1.165) is 0 Å². The lowest BCUT2D eigenvalue weighted by Crippen LogP contribution is -2.31. The molecular formula is C43H27NS. The summed E-state index contributed by atoms with van der Waals surface area (Å²) < 4.78 is 2.46. The number of hydrogen-bond acceptors (Lipinski definition) is 1. The monoisotopic (exact) mass is 589 g/mol. The van der Waals surface area contributed by atoms with Crippen molar-refractivity contribution in [3.8, 4) is 27.9 Å². The Morgan fingerprint density at radius 1 is 0.400 bits per heavy atom. The number of para-hydroxylation sites is 1. The molecule has 210 valence electrons. The number of aromatic nitrogens is 1. The van der Waals surface area contributed by atoms with Crippen LogP contribution in [0, 0.1) is 0 Å². The van der Waals surface area contributed by atoms with Crippen LogP contribution >= 0.6 is 11.8 Å². The van der Waals surface area contributed by atoms with E-state index in [4.69, 9.17) is 0 Å². The minimum atomic E-state index is -0.380. The van der Waals surface area contributed by atoms with Crippen molar-refractivity contribution in [3.63, 3.8) is 0 Å². The third-order valence-electron chi connectivity index (χ3n) is 9.85. The lowest BCUT2D eigenvalue weighted by atomic mass is 9.67. The molecule has 1 nitrogen and oxygen atoms in total. The number of benzene rings is 7. The summed E-state index contributed by atoms with van der Waals surface area (Å²) in [4.78, 5) is 2.64. The molecule has 10 rings (SSSR count). The molecule has 0 N–H and O–H groups in total. The molecule has 45 heavy (non-hydrogen) atoms. The van der Waals surface area contributed by atoms with Gasteiger partial charge in [0.1, 0.15) is 0 Å². The fourth-order valence-electron chi connectivity index (χ4n) is 8.05. The van der Waals surface area contributed by atoms with Gasteiger partial charge in [0, 0.05) is 26.3 Å². The molecule has 0 radical (unpaired) electrons. The number of nitrogens with zero attached hydrogens (tertiary/aromatic N) is 1. The van der Waals surface area contributed by atoms with Crippen LogP contribution in [-0.2, 0) is 5.41 Å². The highest BCUT2D eigenvalue weighted by atomic mass is 32.2. The Bertz CT molecular complexity index is 2420. The fourth-order valence-corrected chi connectivity index (χ4v) is 9.26. The van der Waals surface area contributed by atoms with Gasteiger partial charge in [0.05, 0.1) is 16.4 Å². The minimum Gasteiger partial charge on any atom is -0.309 e. The summed E-state index contributed by atoms with van der Waals surface area (Å²) in [6.45, 7) is 0. The lowest BCUT2D eigenvalue weighted by Gasteiger charge is -2.39. The molecule has 0 fully saturated rings. The highest BCUT2D eigenvalue weighted by Crippen LogP contribution is 2.62. The molecule has 1 aromatic heterocycles. The lowest BCUT2D eigenvalue weighted by molar-refractivity contribution is 0.724. The van der Waals surface area contributed by atoms with Crippen LogP contribution in [0.15, 0.2) is 174 Å². The van der Waals surface area contributed by atoms with Crippen LogP contribution in [-0.4, -0.2) is 4.57 Å². The highest BCUT2D eigenvalue weighted by molar-refractivity contribution is 7.99. The molecule has 7 aromatic carbocycles. The molecule has 1 spiro atoms. The van der Waals surface area contributed by atoms with Crippen LogP contribution in [0.1, 0.15) is 22.3 Å². The first-order valence-corrected chi connectivity index (χ1v) is 16.3. The predicted octanol–water partition coefficient (Wildman–Crippen LogP) is 11.3. The third-order valence-corrected chi connectivity index (χ3v) is 11.0. The smallest absolute Gasteiger partial charge is 0.0735 e. The summed E-state index contributed by atoms with van der Waals surface area (Å²) >= 11 is 1.91. The van der Waals surface area contributed by atoms with Crippen molar-refractivity contribution >= 4 is 33.6 Å². The Morgan fingerprint density at radius 3 is 1.84 bits per heavy atom. The first-order chi connectivity index (χ1) is 22.3. The highest BCUT2D eigenvalue weighted by Gasteiger charge is 2.50. The van der Waals surface area contributed by atoms with E-state index in [1.54, 1.807) is 0 Å². The van der Waals surface area contributed by atoms with E-state index in [2.05, 4.69) is 168 Å². The molecule has 8 aromatic rings. The molecule has 1 aliphatic carbocycles. The number of hydrogen-bond donors (Lipinski definition) is 0. The van der Waals surface area contributed by atoms with Gasteiger partial charge in [-0.15, -0.1) is 0 Å².